The molecule has 0 aromatic heterocycles. The second-order valence-corrected chi connectivity index (χ2v) is 5.48. The Morgan fingerprint density at radius 2 is 1.62 bits per heavy atom. The van der Waals surface area contributed by atoms with E-state index >= 15 is 0 Å². The number of carbonyl (C=O) groups excluding carboxylic acids is 1. The molecule has 1 heterocycles. The highest BCUT2D eigenvalue weighted by atomic mass is 16.4. The molecule has 4 heteroatoms. The van der Waals surface area contributed by atoms with Crippen LogP contribution in [0.15, 0.2) is 5.16 Å². The van der Waals surface area contributed by atoms with Crippen LogP contribution in [0.4, 0.5) is 0 Å². The van der Waals surface area contributed by atoms with E-state index in [1.165, 1.54) is 0 Å². The SMILES string of the molecule is O=C1NC2(CCCC2)/C(=N\O)C12CCCC2. The zero-order valence-corrected chi connectivity index (χ0v) is 9.46. The fourth-order valence-corrected chi connectivity index (χ4v) is 3.94. The van der Waals surface area contributed by atoms with Crippen LogP contribution in [0.25, 0.3) is 0 Å². The van der Waals surface area contributed by atoms with Crippen LogP contribution in [-0.4, -0.2) is 22.4 Å². The third-order valence-electron chi connectivity index (χ3n) is 4.71. The second kappa shape index (κ2) is 3.22. The fourth-order valence-electron chi connectivity index (χ4n) is 3.94. The molecule has 0 aromatic rings. The monoisotopic (exact) mass is 222 g/mol. The number of oxime groups is 1. The lowest BCUT2D eigenvalue weighted by Gasteiger charge is -2.26. The van der Waals surface area contributed by atoms with E-state index in [0.717, 1.165) is 57.1 Å². The van der Waals surface area contributed by atoms with Crippen LogP contribution in [0, 0.1) is 5.41 Å². The van der Waals surface area contributed by atoms with E-state index in [2.05, 4.69) is 10.5 Å². The van der Waals surface area contributed by atoms with Gasteiger partial charge in [-0.1, -0.05) is 30.8 Å². The van der Waals surface area contributed by atoms with Crippen LogP contribution in [0.3, 0.4) is 0 Å². The third kappa shape index (κ3) is 1.05. The van der Waals surface area contributed by atoms with Gasteiger partial charge in [0, 0.05) is 0 Å². The smallest absolute Gasteiger partial charge is 0.232 e. The van der Waals surface area contributed by atoms with Crippen LogP contribution in [0.2, 0.25) is 0 Å². The maximum Gasteiger partial charge on any atom is 0.232 e. The first kappa shape index (κ1) is 10.1. The minimum Gasteiger partial charge on any atom is -0.411 e. The van der Waals surface area contributed by atoms with Crippen molar-refractivity contribution in [2.45, 2.75) is 56.9 Å². The molecule has 16 heavy (non-hydrogen) atoms. The molecule has 3 fully saturated rings. The predicted octanol–water partition coefficient (Wildman–Crippen LogP) is 1.82. The molecule has 88 valence electrons. The number of nitrogens with one attached hydrogen (secondary N) is 1. The summed E-state index contributed by atoms with van der Waals surface area (Å²) in [6.45, 7) is 0. The Hall–Kier alpha value is -1.06. The van der Waals surface area contributed by atoms with Crippen LogP contribution < -0.4 is 5.32 Å². The lowest BCUT2D eigenvalue weighted by Crippen LogP contribution is -2.44. The first-order chi connectivity index (χ1) is 7.73. The van der Waals surface area contributed by atoms with Gasteiger partial charge >= 0.3 is 0 Å². The summed E-state index contributed by atoms with van der Waals surface area (Å²) in [4.78, 5) is 12.2. The Morgan fingerprint density at radius 3 is 2.19 bits per heavy atom. The summed E-state index contributed by atoms with van der Waals surface area (Å²) in [5, 5.41) is 16.0. The van der Waals surface area contributed by atoms with E-state index in [9.17, 15) is 10.0 Å². The average molecular weight is 222 g/mol. The van der Waals surface area contributed by atoms with Gasteiger partial charge < -0.3 is 10.5 Å². The quantitative estimate of drug-likeness (QED) is 0.485. The number of nitrogens with zero attached hydrogens (tertiary/aromatic N) is 1. The van der Waals surface area contributed by atoms with Crippen molar-refractivity contribution in [2.24, 2.45) is 10.6 Å². The molecule has 2 spiro atoms. The molecule has 3 rings (SSSR count). The molecule has 0 radical (unpaired) electrons. The summed E-state index contributed by atoms with van der Waals surface area (Å²) >= 11 is 0. The summed E-state index contributed by atoms with van der Waals surface area (Å²) < 4.78 is 0. The Bertz CT molecular complexity index is 350. The molecule has 3 aliphatic rings. The van der Waals surface area contributed by atoms with Gasteiger partial charge in [0.2, 0.25) is 5.91 Å². The molecule has 0 aromatic carbocycles. The minimum atomic E-state index is -0.459. The average Bonchev–Trinajstić information content (AvgIpc) is 2.93. The van der Waals surface area contributed by atoms with Crippen molar-refractivity contribution in [1.29, 1.82) is 0 Å². The number of hydrogen-bond donors (Lipinski definition) is 2. The van der Waals surface area contributed by atoms with Crippen LogP contribution >= 0.6 is 0 Å². The molecule has 2 aliphatic carbocycles. The number of amides is 1. The fraction of sp³-hybridized carbons (Fsp3) is 0.833. The second-order valence-electron chi connectivity index (χ2n) is 5.48. The van der Waals surface area contributed by atoms with Gasteiger partial charge in [0.15, 0.2) is 0 Å². The van der Waals surface area contributed by atoms with E-state index in [1.807, 2.05) is 0 Å². The van der Waals surface area contributed by atoms with Gasteiger partial charge in [-0.2, -0.15) is 0 Å². The summed E-state index contributed by atoms with van der Waals surface area (Å²) in [7, 11) is 0. The zero-order valence-electron chi connectivity index (χ0n) is 9.46. The number of carbonyl (C=O) groups is 1. The van der Waals surface area contributed by atoms with Gasteiger partial charge in [0.05, 0.1) is 16.7 Å². The van der Waals surface area contributed by atoms with Gasteiger partial charge in [-0.05, 0) is 25.7 Å². The van der Waals surface area contributed by atoms with E-state index in [0.29, 0.717) is 0 Å². The van der Waals surface area contributed by atoms with Crippen molar-refractivity contribution < 1.29 is 10.0 Å². The zero-order chi connectivity index (χ0) is 11.2. The maximum atomic E-state index is 12.2. The summed E-state index contributed by atoms with van der Waals surface area (Å²) in [5.41, 5.74) is -0.00470. The largest absolute Gasteiger partial charge is 0.411 e. The van der Waals surface area contributed by atoms with Crippen molar-refractivity contribution in [1.82, 2.24) is 5.32 Å². The molecule has 1 amide bonds. The Kier molecular flexibility index (Phi) is 2.03. The molecule has 0 unspecified atom stereocenters. The van der Waals surface area contributed by atoms with Gasteiger partial charge in [0.25, 0.3) is 0 Å². The molecule has 1 aliphatic heterocycles. The van der Waals surface area contributed by atoms with Crippen LogP contribution in [0.1, 0.15) is 51.4 Å². The van der Waals surface area contributed by atoms with Crippen molar-refractivity contribution in [2.75, 3.05) is 0 Å². The molecular weight excluding hydrogens is 204 g/mol. The van der Waals surface area contributed by atoms with Gasteiger partial charge in [0.1, 0.15) is 0 Å². The summed E-state index contributed by atoms with van der Waals surface area (Å²) in [6.07, 6.45) is 8.00. The van der Waals surface area contributed by atoms with E-state index in [4.69, 9.17) is 0 Å². The molecule has 0 atom stereocenters. The number of hydrogen-bond acceptors (Lipinski definition) is 3. The van der Waals surface area contributed by atoms with Crippen molar-refractivity contribution in [3.8, 4) is 0 Å². The minimum absolute atomic E-state index is 0.111. The van der Waals surface area contributed by atoms with Crippen molar-refractivity contribution in [3.05, 3.63) is 0 Å². The molecular formula is C12H18N2O2. The molecule has 0 bridgehead atoms. The van der Waals surface area contributed by atoms with Crippen molar-refractivity contribution in [3.63, 3.8) is 0 Å². The lowest BCUT2D eigenvalue weighted by atomic mass is 9.76. The topological polar surface area (TPSA) is 61.7 Å². The summed E-state index contributed by atoms with van der Waals surface area (Å²) in [5.74, 6) is 0.111. The molecule has 4 nitrogen and oxygen atoms in total. The number of rotatable bonds is 0. The van der Waals surface area contributed by atoms with E-state index in [1.54, 1.807) is 0 Å². The predicted molar refractivity (Wildman–Crippen MR) is 59.5 cm³/mol. The standard InChI is InChI=1S/C12H18N2O2/c15-10-11(5-1-2-6-11)9(14-16)12(13-10)7-3-4-8-12/h16H,1-8H2,(H,13,15)/b14-9-. The Balaban J connectivity index is 2.05. The summed E-state index contributed by atoms with van der Waals surface area (Å²) in [6, 6.07) is 0. The third-order valence-corrected chi connectivity index (χ3v) is 4.71. The van der Waals surface area contributed by atoms with Crippen molar-refractivity contribution >= 4 is 11.6 Å². The molecule has 1 saturated heterocycles. The van der Waals surface area contributed by atoms with E-state index in [-0.39, 0.29) is 11.4 Å². The van der Waals surface area contributed by atoms with E-state index < -0.39 is 5.41 Å². The highest BCUT2D eigenvalue weighted by Gasteiger charge is 2.61. The maximum absolute atomic E-state index is 12.2. The van der Waals surface area contributed by atoms with Gasteiger partial charge in [-0.3, -0.25) is 4.79 Å². The normalized spacial score (nSPS) is 33.0. The Labute approximate surface area is 95.1 Å². The van der Waals surface area contributed by atoms with Gasteiger partial charge in [-0.15, -0.1) is 0 Å². The highest BCUT2D eigenvalue weighted by molar-refractivity contribution is 6.19. The first-order valence-electron chi connectivity index (χ1n) is 6.29. The lowest BCUT2D eigenvalue weighted by molar-refractivity contribution is -0.126. The van der Waals surface area contributed by atoms with Gasteiger partial charge in [-0.25, -0.2) is 0 Å². The first-order valence-corrected chi connectivity index (χ1v) is 6.29. The van der Waals surface area contributed by atoms with Crippen LogP contribution in [0.5, 0.6) is 0 Å². The Morgan fingerprint density at radius 1 is 1.06 bits per heavy atom. The molecule has 2 N–H and O–H groups in total. The molecule has 2 saturated carbocycles. The van der Waals surface area contributed by atoms with Crippen LogP contribution in [-0.2, 0) is 4.79 Å². The highest BCUT2D eigenvalue weighted by Crippen LogP contribution is 2.50.